The number of nitrogens with one attached hydrogen (secondary N) is 1. The summed E-state index contributed by atoms with van der Waals surface area (Å²) in [6.45, 7) is 2.35. The third-order valence-electron chi connectivity index (χ3n) is 2.91. The summed E-state index contributed by atoms with van der Waals surface area (Å²) in [7, 11) is -2.24. The zero-order chi connectivity index (χ0) is 14.8. The molecule has 1 heterocycles. The summed E-state index contributed by atoms with van der Waals surface area (Å²) in [6.07, 6.45) is 1.60. The molecule has 1 aromatic carbocycles. The Balaban J connectivity index is 2.27. The summed E-state index contributed by atoms with van der Waals surface area (Å²) in [5.74, 6) is 1.30. The third kappa shape index (κ3) is 3.12. The van der Waals surface area contributed by atoms with Crippen LogP contribution in [0.5, 0.6) is 5.75 Å². The molecule has 20 heavy (non-hydrogen) atoms. The molecule has 7 heteroatoms. The van der Waals surface area contributed by atoms with Crippen LogP contribution in [0.3, 0.4) is 0 Å². The van der Waals surface area contributed by atoms with Crippen molar-refractivity contribution in [3.05, 3.63) is 41.9 Å². The van der Waals surface area contributed by atoms with Crippen LogP contribution in [-0.4, -0.2) is 15.5 Å². The van der Waals surface area contributed by atoms with Crippen molar-refractivity contribution in [3.63, 3.8) is 0 Å². The molecule has 0 atom stereocenters. The van der Waals surface area contributed by atoms with Crippen molar-refractivity contribution in [2.24, 2.45) is 5.14 Å². The van der Waals surface area contributed by atoms with Gasteiger partial charge in [0, 0.05) is 0 Å². The lowest BCUT2D eigenvalue weighted by Crippen LogP contribution is -2.13. The molecule has 6 nitrogen and oxygen atoms in total. The van der Waals surface area contributed by atoms with Crippen LogP contribution in [0, 0.1) is 6.92 Å². The van der Waals surface area contributed by atoms with Crippen molar-refractivity contribution in [1.82, 2.24) is 0 Å². The Morgan fingerprint density at radius 1 is 1.35 bits per heavy atom. The number of rotatable bonds is 5. The van der Waals surface area contributed by atoms with Crippen molar-refractivity contribution in [2.75, 3.05) is 12.4 Å². The number of aryl methyl sites for hydroxylation is 1. The van der Waals surface area contributed by atoms with E-state index in [1.54, 1.807) is 12.3 Å². The Hall–Kier alpha value is -1.99. The fourth-order valence-electron chi connectivity index (χ4n) is 1.76. The van der Waals surface area contributed by atoms with Gasteiger partial charge in [0.15, 0.2) is 0 Å². The van der Waals surface area contributed by atoms with Crippen molar-refractivity contribution in [2.45, 2.75) is 18.4 Å². The van der Waals surface area contributed by atoms with Crippen LogP contribution in [-0.2, 0) is 16.6 Å². The van der Waals surface area contributed by atoms with E-state index < -0.39 is 10.0 Å². The normalized spacial score (nSPS) is 11.3. The van der Waals surface area contributed by atoms with Gasteiger partial charge in [-0.3, -0.25) is 0 Å². The third-order valence-corrected chi connectivity index (χ3v) is 3.82. The summed E-state index contributed by atoms with van der Waals surface area (Å²) in [5, 5.41) is 8.20. The fraction of sp³-hybridized carbons (Fsp3) is 0.231. The lowest BCUT2D eigenvalue weighted by atomic mass is 10.2. The first-order valence-corrected chi connectivity index (χ1v) is 7.44. The van der Waals surface area contributed by atoms with Crippen molar-refractivity contribution >= 4 is 15.7 Å². The van der Waals surface area contributed by atoms with Gasteiger partial charge in [0.05, 0.1) is 30.5 Å². The van der Waals surface area contributed by atoms with Gasteiger partial charge < -0.3 is 14.5 Å². The molecule has 108 valence electrons. The minimum absolute atomic E-state index is 0.0250. The number of ether oxygens (including phenoxy) is 1. The number of furan rings is 1. The van der Waals surface area contributed by atoms with Gasteiger partial charge in [0.25, 0.3) is 0 Å². The molecule has 2 aromatic rings. The first-order chi connectivity index (χ1) is 9.41. The highest BCUT2D eigenvalue weighted by atomic mass is 32.2. The van der Waals surface area contributed by atoms with Crippen molar-refractivity contribution in [1.29, 1.82) is 0 Å². The Morgan fingerprint density at radius 2 is 2.10 bits per heavy atom. The predicted molar refractivity (Wildman–Crippen MR) is 75.1 cm³/mol. The number of benzene rings is 1. The zero-order valence-corrected chi connectivity index (χ0v) is 12.0. The maximum atomic E-state index is 11.4. The predicted octanol–water partition coefficient (Wildman–Crippen LogP) is 1.86. The SMILES string of the molecule is COc1ccc(S(N)(=O)=O)cc1NCc1occc1C. The zero-order valence-electron chi connectivity index (χ0n) is 11.2. The molecule has 0 aliphatic carbocycles. The van der Waals surface area contributed by atoms with Gasteiger partial charge in [-0.05, 0) is 36.8 Å². The van der Waals surface area contributed by atoms with E-state index in [9.17, 15) is 8.42 Å². The quantitative estimate of drug-likeness (QED) is 0.878. The van der Waals surface area contributed by atoms with Gasteiger partial charge in [-0.15, -0.1) is 0 Å². The number of primary sulfonamides is 1. The summed E-state index contributed by atoms with van der Waals surface area (Å²) in [6, 6.07) is 6.25. The first kappa shape index (κ1) is 14.4. The van der Waals surface area contributed by atoms with Gasteiger partial charge >= 0.3 is 0 Å². The lowest BCUT2D eigenvalue weighted by Gasteiger charge is -2.12. The summed E-state index contributed by atoms with van der Waals surface area (Å²) in [4.78, 5) is 0.0250. The Kier molecular flexibility index (Phi) is 4.01. The van der Waals surface area contributed by atoms with Crippen LogP contribution in [0.25, 0.3) is 0 Å². The Morgan fingerprint density at radius 3 is 2.65 bits per heavy atom. The van der Waals surface area contributed by atoms with Crippen LogP contribution in [0.2, 0.25) is 0 Å². The Bertz CT molecular complexity index is 707. The van der Waals surface area contributed by atoms with Gasteiger partial charge in [-0.2, -0.15) is 0 Å². The van der Waals surface area contributed by atoms with E-state index >= 15 is 0 Å². The molecule has 0 bridgehead atoms. The molecule has 0 unspecified atom stereocenters. The van der Waals surface area contributed by atoms with Crippen molar-refractivity contribution in [3.8, 4) is 5.75 Å². The highest BCUT2D eigenvalue weighted by molar-refractivity contribution is 7.89. The van der Waals surface area contributed by atoms with Gasteiger partial charge in [-0.25, -0.2) is 13.6 Å². The van der Waals surface area contributed by atoms with E-state index in [4.69, 9.17) is 14.3 Å². The fourth-order valence-corrected chi connectivity index (χ4v) is 2.30. The number of anilines is 1. The van der Waals surface area contributed by atoms with Gasteiger partial charge in [0.2, 0.25) is 10.0 Å². The number of hydrogen-bond acceptors (Lipinski definition) is 5. The molecule has 0 saturated heterocycles. The van der Waals surface area contributed by atoms with Gasteiger partial charge in [-0.1, -0.05) is 0 Å². The van der Waals surface area contributed by atoms with Crippen LogP contribution >= 0.6 is 0 Å². The van der Waals surface area contributed by atoms with Gasteiger partial charge in [0.1, 0.15) is 11.5 Å². The minimum atomic E-state index is -3.75. The van der Waals surface area contributed by atoms with Crippen molar-refractivity contribution < 1.29 is 17.6 Å². The van der Waals surface area contributed by atoms with E-state index in [1.165, 1.54) is 19.2 Å². The number of nitrogens with two attached hydrogens (primary N) is 1. The lowest BCUT2D eigenvalue weighted by molar-refractivity contribution is 0.415. The molecular weight excluding hydrogens is 280 g/mol. The largest absolute Gasteiger partial charge is 0.495 e. The molecule has 0 aliphatic heterocycles. The molecule has 0 aliphatic rings. The maximum Gasteiger partial charge on any atom is 0.238 e. The van der Waals surface area contributed by atoms with Crippen LogP contribution in [0.1, 0.15) is 11.3 Å². The topological polar surface area (TPSA) is 94.6 Å². The monoisotopic (exact) mass is 296 g/mol. The molecule has 2 rings (SSSR count). The van der Waals surface area contributed by atoms with E-state index in [-0.39, 0.29) is 4.90 Å². The average Bonchev–Trinajstić information content (AvgIpc) is 2.80. The van der Waals surface area contributed by atoms with Crippen LogP contribution in [0.4, 0.5) is 5.69 Å². The highest BCUT2D eigenvalue weighted by Crippen LogP contribution is 2.27. The standard InChI is InChI=1S/C13H16N2O4S/c1-9-5-6-19-13(9)8-15-11-7-10(20(14,16)17)3-4-12(11)18-2/h3-7,15H,8H2,1-2H3,(H2,14,16,17). The second-order valence-corrected chi connectivity index (χ2v) is 5.85. The maximum absolute atomic E-state index is 11.4. The van der Waals surface area contributed by atoms with Crippen LogP contribution in [0.15, 0.2) is 39.8 Å². The highest BCUT2D eigenvalue weighted by Gasteiger charge is 2.12. The molecule has 3 N–H and O–H groups in total. The second kappa shape index (κ2) is 5.56. The summed E-state index contributed by atoms with van der Waals surface area (Å²) < 4.78 is 33.2. The van der Waals surface area contributed by atoms with E-state index in [0.717, 1.165) is 11.3 Å². The number of methoxy groups -OCH3 is 1. The minimum Gasteiger partial charge on any atom is -0.495 e. The smallest absolute Gasteiger partial charge is 0.238 e. The van der Waals surface area contributed by atoms with E-state index in [0.29, 0.717) is 18.0 Å². The first-order valence-electron chi connectivity index (χ1n) is 5.89. The summed E-state index contributed by atoms with van der Waals surface area (Å²) in [5.41, 5.74) is 1.55. The average molecular weight is 296 g/mol. The van der Waals surface area contributed by atoms with E-state index in [2.05, 4.69) is 5.32 Å². The molecule has 0 spiro atoms. The number of sulfonamides is 1. The Labute approximate surface area is 117 Å². The molecule has 1 aromatic heterocycles. The number of hydrogen-bond donors (Lipinski definition) is 2. The van der Waals surface area contributed by atoms with Crippen LogP contribution < -0.4 is 15.2 Å². The summed E-state index contributed by atoms with van der Waals surface area (Å²) >= 11 is 0. The molecule has 0 fully saturated rings. The van der Waals surface area contributed by atoms with E-state index in [1.807, 2.05) is 13.0 Å². The second-order valence-electron chi connectivity index (χ2n) is 4.29. The molecule has 0 radical (unpaired) electrons. The molecule has 0 saturated carbocycles. The molecular formula is C13H16N2O4S. The molecule has 0 amide bonds.